The summed E-state index contributed by atoms with van der Waals surface area (Å²) in [6.07, 6.45) is 2.70. The quantitative estimate of drug-likeness (QED) is 0.501. The molecule has 118 valence electrons. The fourth-order valence-corrected chi connectivity index (χ4v) is 2.71. The number of aliphatic hydroxyl groups excluding tert-OH is 3. The van der Waals surface area contributed by atoms with Crippen LogP contribution in [0.2, 0.25) is 0 Å². The van der Waals surface area contributed by atoms with Crippen molar-refractivity contribution in [2.45, 2.75) is 57.0 Å². The van der Waals surface area contributed by atoms with Crippen LogP contribution in [-0.2, 0) is 9.47 Å². The molecule has 0 spiro atoms. The second kappa shape index (κ2) is 7.06. The Hall–Kier alpha value is -1.37. The zero-order valence-electron chi connectivity index (χ0n) is 12.1. The number of allylic oxidation sites excluding steroid dienone is 1. The second-order valence-corrected chi connectivity index (χ2v) is 5.34. The number of carbonyl (C=O) groups excluding carboxylic acids is 1. The van der Waals surface area contributed by atoms with Gasteiger partial charge in [-0.3, -0.25) is 0 Å². The molecule has 0 aromatic rings. The van der Waals surface area contributed by atoms with E-state index >= 15 is 0 Å². The highest BCUT2D eigenvalue weighted by Crippen LogP contribution is 2.35. The number of hydrogen-bond donors (Lipinski definition) is 3. The highest BCUT2D eigenvalue weighted by molar-refractivity contribution is 5.64. The molecule has 2 aliphatic rings. The van der Waals surface area contributed by atoms with Gasteiger partial charge in [-0.2, -0.15) is 0 Å². The number of carbonyl (C=O) groups is 1. The summed E-state index contributed by atoms with van der Waals surface area (Å²) in [5.74, 6) is 0. The molecule has 6 heteroatoms. The summed E-state index contributed by atoms with van der Waals surface area (Å²) < 4.78 is 9.95. The molecule has 1 heterocycles. The predicted molar refractivity (Wildman–Crippen MR) is 74.5 cm³/mol. The fourth-order valence-electron chi connectivity index (χ4n) is 2.71. The minimum Gasteiger partial charge on any atom is -0.424 e. The fraction of sp³-hybridized carbons (Fsp3) is 0.667. The molecule has 0 aromatic carbocycles. The van der Waals surface area contributed by atoms with Gasteiger partial charge in [0.2, 0.25) is 0 Å². The van der Waals surface area contributed by atoms with Crippen LogP contribution in [0.3, 0.4) is 0 Å². The van der Waals surface area contributed by atoms with Gasteiger partial charge in [-0.15, -0.1) is 0 Å². The molecule has 0 unspecified atom stereocenters. The lowest BCUT2D eigenvalue weighted by molar-refractivity contribution is -0.0546. The molecule has 3 N–H and O–H groups in total. The van der Waals surface area contributed by atoms with Gasteiger partial charge < -0.3 is 24.8 Å². The van der Waals surface area contributed by atoms with Gasteiger partial charge in [0.15, 0.2) is 12.2 Å². The van der Waals surface area contributed by atoms with E-state index < -0.39 is 37.2 Å². The van der Waals surface area contributed by atoms with Crippen LogP contribution in [0.4, 0.5) is 4.79 Å². The van der Waals surface area contributed by atoms with Crippen molar-refractivity contribution in [1.29, 1.82) is 0 Å². The Morgan fingerprint density at radius 1 is 1.24 bits per heavy atom. The molecule has 21 heavy (non-hydrogen) atoms. The number of rotatable bonds is 6. The van der Waals surface area contributed by atoms with Crippen LogP contribution in [-0.4, -0.2) is 52.5 Å². The topological polar surface area (TPSA) is 96.2 Å². The Balaban J connectivity index is 2.19. The molecule has 0 amide bonds. The standard InChI is InChI=1S/C15H22O6/c1-2-3-4-5-6-7-9-10(8-16)11(17)12(18)14-13(9)20-15(19)21-14/h6-7,11-14,16-18H,2-5,8H2,1H3/b7-6+/t11-,12-,13-,14+/m0/s1. The molecule has 0 bridgehead atoms. The van der Waals surface area contributed by atoms with E-state index in [1.807, 2.05) is 6.08 Å². The lowest BCUT2D eigenvalue weighted by atomic mass is 9.83. The summed E-state index contributed by atoms with van der Waals surface area (Å²) in [5, 5.41) is 29.4. The molecule has 1 aliphatic heterocycles. The second-order valence-electron chi connectivity index (χ2n) is 5.34. The third-order valence-electron chi connectivity index (χ3n) is 3.89. The number of ether oxygens (including phenoxy) is 2. The molecule has 1 fully saturated rings. The van der Waals surface area contributed by atoms with Crippen molar-refractivity contribution in [1.82, 2.24) is 0 Å². The maximum atomic E-state index is 11.3. The third-order valence-corrected chi connectivity index (χ3v) is 3.89. The van der Waals surface area contributed by atoms with E-state index in [1.165, 1.54) is 0 Å². The molecule has 1 aliphatic carbocycles. The molecular formula is C15H22O6. The van der Waals surface area contributed by atoms with Crippen LogP contribution in [0.25, 0.3) is 0 Å². The SMILES string of the molecule is CCCCC/C=C/C1=C(CO)[C@H](O)[C@H](O)[C@H]2OC(=O)O[C@@H]12. The highest BCUT2D eigenvalue weighted by Gasteiger charge is 2.50. The van der Waals surface area contributed by atoms with Crippen LogP contribution < -0.4 is 0 Å². The lowest BCUT2D eigenvalue weighted by Crippen LogP contribution is -2.49. The minimum absolute atomic E-state index is 0.272. The van der Waals surface area contributed by atoms with Crippen molar-refractivity contribution in [3.63, 3.8) is 0 Å². The predicted octanol–water partition coefficient (Wildman–Crippen LogP) is 1.05. The smallest absolute Gasteiger partial charge is 0.424 e. The van der Waals surface area contributed by atoms with Gasteiger partial charge in [0.05, 0.1) is 6.61 Å². The molecule has 4 atom stereocenters. The summed E-state index contributed by atoms with van der Waals surface area (Å²) in [7, 11) is 0. The average Bonchev–Trinajstić information content (AvgIpc) is 2.86. The zero-order valence-corrected chi connectivity index (χ0v) is 12.1. The van der Waals surface area contributed by atoms with E-state index in [0.29, 0.717) is 5.57 Å². The van der Waals surface area contributed by atoms with Gasteiger partial charge in [-0.25, -0.2) is 4.79 Å². The molecule has 0 aromatic heterocycles. The first-order valence-electron chi connectivity index (χ1n) is 7.33. The van der Waals surface area contributed by atoms with Crippen molar-refractivity contribution in [2.24, 2.45) is 0 Å². The van der Waals surface area contributed by atoms with E-state index in [0.717, 1.165) is 25.7 Å². The average molecular weight is 298 g/mol. The first-order valence-corrected chi connectivity index (χ1v) is 7.33. The van der Waals surface area contributed by atoms with Gasteiger partial charge in [-0.1, -0.05) is 31.9 Å². The van der Waals surface area contributed by atoms with Gasteiger partial charge >= 0.3 is 6.16 Å². The zero-order chi connectivity index (χ0) is 15.4. The van der Waals surface area contributed by atoms with E-state index in [4.69, 9.17) is 9.47 Å². The van der Waals surface area contributed by atoms with Crippen LogP contribution in [0.5, 0.6) is 0 Å². The summed E-state index contributed by atoms with van der Waals surface area (Å²) in [4.78, 5) is 11.3. The monoisotopic (exact) mass is 298 g/mol. The van der Waals surface area contributed by atoms with Crippen molar-refractivity contribution in [2.75, 3.05) is 6.61 Å². The molecule has 6 nitrogen and oxygen atoms in total. The summed E-state index contributed by atoms with van der Waals surface area (Å²) in [6, 6.07) is 0. The number of hydrogen-bond acceptors (Lipinski definition) is 6. The Morgan fingerprint density at radius 3 is 2.67 bits per heavy atom. The Labute approximate surface area is 123 Å². The molecule has 2 rings (SSSR count). The van der Waals surface area contributed by atoms with Crippen molar-refractivity contribution < 1.29 is 29.6 Å². The maximum absolute atomic E-state index is 11.3. The first kappa shape index (κ1) is 16.0. The van der Waals surface area contributed by atoms with E-state index in [1.54, 1.807) is 6.08 Å². The van der Waals surface area contributed by atoms with Crippen LogP contribution >= 0.6 is 0 Å². The lowest BCUT2D eigenvalue weighted by Gasteiger charge is -2.33. The van der Waals surface area contributed by atoms with Crippen molar-refractivity contribution in [3.05, 3.63) is 23.3 Å². The van der Waals surface area contributed by atoms with Crippen LogP contribution in [0.15, 0.2) is 23.3 Å². The summed E-state index contributed by atoms with van der Waals surface area (Å²) >= 11 is 0. The number of fused-ring (bicyclic) bond motifs is 1. The molecular weight excluding hydrogens is 276 g/mol. The molecule has 1 saturated heterocycles. The van der Waals surface area contributed by atoms with Crippen molar-refractivity contribution >= 4 is 6.16 Å². The van der Waals surface area contributed by atoms with E-state index in [-0.39, 0.29) is 5.57 Å². The minimum atomic E-state index is -1.29. The van der Waals surface area contributed by atoms with E-state index in [9.17, 15) is 20.1 Å². The molecule has 0 saturated carbocycles. The Bertz CT molecular complexity index is 441. The summed E-state index contributed by atoms with van der Waals surface area (Å²) in [5.41, 5.74) is 0.788. The summed E-state index contributed by atoms with van der Waals surface area (Å²) in [6.45, 7) is 1.71. The third kappa shape index (κ3) is 3.28. The largest absolute Gasteiger partial charge is 0.509 e. The van der Waals surface area contributed by atoms with Crippen LogP contribution in [0, 0.1) is 0 Å². The number of aliphatic hydroxyl groups is 3. The Morgan fingerprint density at radius 2 is 2.00 bits per heavy atom. The highest BCUT2D eigenvalue weighted by atomic mass is 16.8. The molecule has 0 radical (unpaired) electrons. The maximum Gasteiger partial charge on any atom is 0.509 e. The van der Waals surface area contributed by atoms with Gasteiger partial charge in [0.1, 0.15) is 12.2 Å². The van der Waals surface area contributed by atoms with Gasteiger partial charge in [0, 0.05) is 5.57 Å². The van der Waals surface area contributed by atoms with Crippen LogP contribution in [0.1, 0.15) is 32.6 Å². The van der Waals surface area contributed by atoms with Gasteiger partial charge in [-0.05, 0) is 18.4 Å². The number of unbranched alkanes of at least 4 members (excludes halogenated alkanes) is 3. The normalized spacial score (nSPS) is 32.3. The first-order chi connectivity index (χ1) is 10.1. The van der Waals surface area contributed by atoms with Gasteiger partial charge in [0.25, 0.3) is 0 Å². The Kier molecular flexibility index (Phi) is 5.39. The van der Waals surface area contributed by atoms with E-state index in [2.05, 4.69) is 6.92 Å². The van der Waals surface area contributed by atoms with Crippen molar-refractivity contribution in [3.8, 4) is 0 Å².